The third kappa shape index (κ3) is 3.54. The Balaban J connectivity index is 1.69. The molecule has 148 valence electrons. The summed E-state index contributed by atoms with van der Waals surface area (Å²) >= 11 is 0. The number of rotatable bonds is 8. The molecule has 2 aromatic heterocycles. The molecule has 0 N–H and O–H groups in total. The average molecular weight is 380 g/mol. The van der Waals surface area contributed by atoms with Gasteiger partial charge in [-0.3, -0.25) is 9.25 Å². The monoisotopic (exact) mass is 380 g/mol. The lowest BCUT2D eigenvalue weighted by Gasteiger charge is -2.40. The molecule has 1 aromatic carbocycles. The second-order valence-corrected chi connectivity index (χ2v) is 7.51. The zero-order chi connectivity index (χ0) is 19.6. The summed E-state index contributed by atoms with van der Waals surface area (Å²) in [5.41, 5.74) is 1.92. The summed E-state index contributed by atoms with van der Waals surface area (Å²) in [6.45, 7) is 4.12. The average Bonchev–Trinajstić information content (AvgIpc) is 3.25. The standard InChI is InChI=1S/C21H28N6O/c1-4-28-21(12-8-13-21)19-22-23-20(25(2)16-18-11-14-26(3)24-18)27(19)15-17-9-6-5-7-10-17/h5-7,9-11,14H,4,8,12-13,15-16H2,1-3H3. The van der Waals surface area contributed by atoms with Crippen LogP contribution in [-0.2, 0) is 30.5 Å². The van der Waals surface area contributed by atoms with E-state index >= 15 is 0 Å². The number of aromatic nitrogens is 5. The van der Waals surface area contributed by atoms with Crippen LogP contribution >= 0.6 is 0 Å². The van der Waals surface area contributed by atoms with Crippen LogP contribution in [0.4, 0.5) is 5.95 Å². The number of anilines is 1. The van der Waals surface area contributed by atoms with Crippen LogP contribution in [0, 0.1) is 0 Å². The Bertz CT molecular complexity index is 912. The summed E-state index contributed by atoms with van der Waals surface area (Å²) in [7, 11) is 3.97. The highest BCUT2D eigenvalue weighted by molar-refractivity contribution is 5.34. The number of hydrogen-bond donors (Lipinski definition) is 0. The Labute approximate surface area is 165 Å². The van der Waals surface area contributed by atoms with Gasteiger partial charge in [0.2, 0.25) is 5.95 Å². The van der Waals surface area contributed by atoms with Gasteiger partial charge in [0, 0.05) is 26.9 Å². The minimum atomic E-state index is -0.305. The van der Waals surface area contributed by atoms with Crippen molar-refractivity contribution < 1.29 is 4.74 Å². The maximum Gasteiger partial charge on any atom is 0.227 e. The number of aryl methyl sites for hydroxylation is 1. The molecule has 3 aromatic rings. The van der Waals surface area contributed by atoms with Crippen molar-refractivity contribution in [1.29, 1.82) is 0 Å². The molecular formula is C21H28N6O. The second-order valence-electron chi connectivity index (χ2n) is 7.51. The smallest absolute Gasteiger partial charge is 0.227 e. The fourth-order valence-corrected chi connectivity index (χ4v) is 3.89. The highest BCUT2D eigenvalue weighted by atomic mass is 16.5. The molecule has 7 nitrogen and oxygen atoms in total. The Morgan fingerprint density at radius 2 is 1.93 bits per heavy atom. The molecule has 1 aliphatic carbocycles. The second kappa shape index (κ2) is 7.75. The Hall–Kier alpha value is -2.67. The van der Waals surface area contributed by atoms with Gasteiger partial charge >= 0.3 is 0 Å². The lowest BCUT2D eigenvalue weighted by atomic mass is 9.79. The van der Waals surface area contributed by atoms with Gasteiger partial charge in [0.25, 0.3) is 0 Å². The van der Waals surface area contributed by atoms with Crippen LogP contribution in [0.15, 0.2) is 42.6 Å². The molecule has 1 saturated carbocycles. The van der Waals surface area contributed by atoms with E-state index in [-0.39, 0.29) is 5.60 Å². The van der Waals surface area contributed by atoms with Crippen LogP contribution in [0.25, 0.3) is 0 Å². The van der Waals surface area contributed by atoms with E-state index in [2.05, 4.69) is 49.0 Å². The minimum absolute atomic E-state index is 0.305. The van der Waals surface area contributed by atoms with Crippen molar-refractivity contribution in [2.24, 2.45) is 7.05 Å². The summed E-state index contributed by atoms with van der Waals surface area (Å²) < 4.78 is 10.2. The van der Waals surface area contributed by atoms with E-state index in [1.165, 1.54) is 5.56 Å². The van der Waals surface area contributed by atoms with E-state index in [4.69, 9.17) is 4.74 Å². The maximum absolute atomic E-state index is 6.19. The summed E-state index contributed by atoms with van der Waals surface area (Å²) in [6.07, 6.45) is 5.12. The zero-order valence-corrected chi connectivity index (χ0v) is 16.9. The number of nitrogens with zero attached hydrogens (tertiary/aromatic N) is 6. The molecule has 2 heterocycles. The van der Waals surface area contributed by atoms with E-state index in [1.807, 2.05) is 44.0 Å². The van der Waals surface area contributed by atoms with Gasteiger partial charge in [-0.15, -0.1) is 10.2 Å². The summed E-state index contributed by atoms with van der Waals surface area (Å²) in [5.74, 6) is 1.78. The van der Waals surface area contributed by atoms with Crippen LogP contribution in [-0.4, -0.2) is 38.2 Å². The fraction of sp³-hybridized carbons (Fsp3) is 0.476. The van der Waals surface area contributed by atoms with Gasteiger partial charge in [0.05, 0.1) is 18.8 Å². The first kappa shape index (κ1) is 18.7. The molecule has 4 rings (SSSR count). The highest BCUT2D eigenvalue weighted by Gasteiger charge is 2.44. The topological polar surface area (TPSA) is 61.0 Å². The van der Waals surface area contributed by atoms with Crippen molar-refractivity contribution in [3.63, 3.8) is 0 Å². The van der Waals surface area contributed by atoms with Crippen LogP contribution in [0.2, 0.25) is 0 Å². The third-order valence-corrected chi connectivity index (χ3v) is 5.41. The Morgan fingerprint density at radius 1 is 1.14 bits per heavy atom. The largest absolute Gasteiger partial charge is 0.367 e. The van der Waals surface area contributed by atoms with Crippen molar-refractivity contribution in [2.75, 3.05) is 18.6 Å². The summed E-state index contributed by atoms with van der Waals surface area (Å²) in [5, 5.41) is 13.7. The van der Waals surface area contributed by atoms with Crippen molar-refractivity contribution in [3.8, 4) is 0 Å². The van der Waals surface area contributed by atoms with E-state index in [9.17, 15) is 0 Å². The first-order valence-electron chi connectivity index (χ1n) is 9.92. The zero-order valence-electron chi connectivity index (χ0n) is 16.9. The number of ether oxygens (including phenoxy) is 1. The van der Waals surface area contributed by atoms with Crippen LogP contribution in [0.5, 0.6) is 0 Å². The summed E-state index contributed by atoms with van der Waals surface area (Å²) in [6, 6.07) is 12.5. The van der Waals surface area contributed by atoms with E-state index in [0.717, 1.165) is 43.3 Å². The molecule has 0 saturated heterocycles. The normalized spacial score (nSPS) is 15.4. The molecule has 0 bridgehead atoms. The van der Waals surface area contributed by atoms with Crippen LogP contribution < -0.4 is 4.90 Å². The van der Waals surface area contributed by atoms with Crippen molar-refractivity contribution in [1.82, 2.24) is 24.5 Å². The van der Waals surface area contributed by atoms with Crippen molar-refractivity contribution in [3.05, 3.63) is 59.7 Å². The SMILES string of the molecule is CCOC1(c2nnc(N(C)Cc3ccn(C)n3)n2Cc2ccccc2)CCC1. The third-order valence-electron chi connectivity index (χ3n) is 5.41. The van der Waals surface area contributed by atoms with Gasteiger partial charge < -0.3 is 9.64 Å². The maximum atomic E-state index is 6.19. The quantitative estimate of drug-likeness (QED) is 0.601. The van der Waals surface area contributed by atoms with Gasteiger partial charge in [-0.05, 0) is 37.8 Å². The predicted octanol–water partition coefficient (Wildman–Crippen LogP) is 3.11. The van der Waals surface area contributed by atoms with Gasteiger partial charge in [-0.2, -0.15) is 5.10 Å². The van der Waals surface area contributed by atoms with Crippen LogP contribution in [0.1, 0.15) is 43.3 Å². The van der Waals surface area contributed by atoms with Crippen LogP contribution in [0.3, 0.4) is 0 Å². The Kier molecular flexibility index (Phi) is 5.17. The predicted molar refractivity (Wildman–Crippen MR) is 108 cm³/mol. The molecule has 0 amide bonds. The molecule has 0 radical (unpaired) electrons. The first-order valence-corrected chi connectivity index (χ1v) is 9.92. The van der Waals surface area contributed by atoms with Gasteiger partial charge in [-0.1, -0.05) is 30.3 Å². The fourth-order valence-electron chi connectivity index (χ4n) is 3.89. The molecule has 1 aliphatic rings. The minimum Gasteiger partial charge on any atom is -0.367 e. The molecule has 7 heteroatoms. The molecule has 0 atom stereocenters. The molecule has 0 aliphatic heterocycles. The molecule has 0 spiro atoms. The van der Waals surface area contributed by atoms with E-state index in [1.54, 1.807) is 0 Å². The van der Waals surface area contributed by atoms with Gasteiger partial charge in [0.1, 0.15) is 5.60 Å². The molecular weight excluding hydrogens is 352 g/mol. The lowest BCUT2D eigenvalue weighted by molar-refractivity contribution is -0.109. The van der Waals surface area contributed by atoms with Crippen molar-refractivity contribution in [2.45, 2.75) is 44.9 Å². The number of benzene rings is 1. The Morgan fingerprint density at radius 3 is 2.54 bits per heavy atom. The van der Waals surface area contributed by atoms with E-state index < -0.39 is 0 Å². The van der Waals surface area contributed by atoms with Gasteiger partial charge in [-0.25, -0.2) is 0 Å². The number of hydrogen-bond acceptors (Lipinski definition) is 5. The van der Waals surface area contributed by atoms with E-state index in [0.29, 0.717) is 13.2 Å². The first-order chi connectivity index (χ1) is 13.6. The van der Waals surface area contributed by atoms with Gasteiger partial charge in [0.15, 0.2) is 5.82 Å². The lowest BCUT2D eigenvalue weighted by Crippen LogP contribution is -2.40. The van der Waals surface area contributed by atoms with Crippen molar-refractivity contribution >= 4 is 5.95 Å². The molecule has 28 heavy (non-hydrogen) atoms. The highest BCUT2D eigenvalue weighted by Crippen LogP contribution is 2.44. The molecule has 1 fully saturated rings. The summed E-state index contributed by atoms with van der Waals surface area (Å²) in [4.78, 5) is 2.11. The molecule has 0 unspecified atom stereocenters.